The number of halogens is 2. The van der Waals surface area contributed by atoms with Gasteiger partial charge >= 0.3 is 0 Å². The van der Waals surface area contributed by atoms with Gasteiger partial charge in [-0.1, -0.05) is 0 Å². The molecule has 2 bridgehead atoms. The summed E-state index contributed by atoms with van der Waals surface area (Å²) >= 11 is 0. The summed E-state index contributed by atoms with van der Waals surface area (Å²) in [7, 11) is 0. The Labute approximate surface area is 196 Å². The second-order valence-electron chi connectivity index (χ2n) is 9.53. The molecule has 4 heterocycles. The summed E-state index contributed by atoms with van der Waals surface area (Å²) in [4.78, 5) is 15.8. The molecule has 2 aliphatic heterocycles. The van der Waals surface area contributed by atoms with Gasteiger partial charge < -0.3 is 15.0 Å². The summed E-state index contributed by atoms with van der Waals surface area (Å²) in [6, 6.07) is 5.96. The molecule has 0 amide bonds. The molecule has 4 atom stereocenters. The second kappa shape index (κ2) is 8.48. The highest BCUT2D eigenvalue weighted by atomic mass is 19.2. The highest BCUT2D eigenvalue weighted by Gasteiger charge is 2.43. The van der Waals surface area contributed by atoms with Crippen molar-refractivity contribution < 1.29 is 13.5 Å². The number of nitrogens with zero attached hydrogens (tertiary/aromatic N) is 6. The van der Waals surface area contributed by atoms with Gasteiger partial charge in [0.2, 0.25) is 5.95 Å². The number of hydrogen-bond acceptors (Lipinski definition) is 7. The van der Waals surface area contributed by atoms with Crippen LogP contribution in [0.1, 0.15) is 43.3 Å². The van der Waals surface area contributed by atoms with Gasteiger partial charge in [0.15, 0.2) is 23.6 Å². The molecule has 8 nitrogen and oxygen atoms in total. The van der Waals surface area contributed by atoms with Crippen molar-refractivity contribution in [2.45, 2.75) is 51.3 Å². The molecular weight excluding hydrogens is 440 g/mol. The number of rotatable bonds is 5. The van der Waals surface area contributed by atoms with Crippen molar-refractivity contribution in [2.75, 3.05) is 23.3 Å². The summed E-state index contributed by atoms with van der Waals surface area (Å²) in [6.07, 6.45) is 5.25. The van der Waals surface area contributed by atoms with Gasteiger partial charge in [0.1, 0.15) is 17.9 Å². The van der Waals surface area contributed by atoms with Crippen LogP contribution in [-0.2, 0) is 6.54 Å². The number of piperidine rings is 1. The number of anilines is 2. The lowest BCUT2D eigenvalue weighted by Crippen LogP contribution is -2.48. The van der Waals surface area contributed by atoms with E-state index in [2.05, 4.69) is 20.2 Å². The van der Waals surface area contributed by atoms with Crippen LogP contribution in [-0.4, -0.2) is 43.9 Å². The number of fused-ring (bicyclic) bond motifs is 3. The molecule has 6 rings (SSSR count). The highest BCUT2D eigenvalue weighted by Crippen LogP contribution is 2.40. The Morgan fingerprint density at radius 2 is 1.85 bits per heavy atom. The first-order valence-electron chi connectivity index (χ1n) is 11.9. The molecule has 1 aliphatic carbocycles. The van der Waals surface area contributed by atoms with E-state index >= 15 is 0 Å². The molecule has 34 heavy (non-hydrogen) atoms. The van der Waals surface area contributed by atoms with Gasteiger partial charge in [-0.15, -0.1) is 5.10 Å². The smallest absolute Gasteiger partial charge is 0.242 e. The highest BCUT2D eigenvalue weighted by molar-refractivity contribution is 5.41. The molecule has 1 saturated heterocycles. The minimum absolute atomic E-state index is 0.292. The predicted octanol–water partition coefficient (Wildman–Crippen LogP) is 3.90. The van der Waals surface area contributed by atoms with E-state index in [9.17, 15) is 8.78 Å². The summed E-state index contributed by atoms with van der Waals surface area (Å²) in [5.41, 5.74) is 0.977. The van der Waals surface area contributed by atoms with Gasteiger partial charge in [0, 0.05) is 43.5 Å². The number of ether oxygens (including phenoxy) is 1. The van der Waals surface area contributed by atoms with E-state index in [1.165, 1.54) is 18.9 Å². The van der Waals surface area contributed by atoms with Crippen molar-refractivity contribution in [1.29, 1.82) is 0 Å². The number of nitrogens with one attached hydrogen (secondary N) is 1. The van der Waals surface area contributed by atoms with E-state index in [-0.39, 0.29) is 6.10 Å². The average Bonchev–Trinajstić information content (AvgIpc) is 3.33. The second-order valence-corrected chi connectivity index (χ2v) is 9.53. The molecule has 1 aromatic carbocycles. The Balaban J connectivity index is 1.16. The predicted molar refractivity (Wildman–Crippen MR) is 122 cm³/mol. The number of aryl methyl sites for hydroxylation is 2. The Morgan fingerprint density at radius 3 is 2.62 bits per heavy atom. The van der Waals surface area contributed by atoms with Crippen LogP contribution in [0.15, 0.2) is 30.6 Å². The standard InChI is InChI=1S/C24H27F2N7O/c1-14-9-21(28-13-27-14)32-11-15-4-5-16(12-32)22(15)29-24-30-23-20(3-2-8-33(23)31-24)34-17-6-7-18(25)19(26)10-17/h6-7,9-10,13,15-16,20,22H,2-5,8,11-12H2,1H3,(H,29,31)/t15-,16+,20-,22-/m1/s1. The minimum atomic E-state index is -0.920. The van der Waals surface area contributed by atoms with E-state index in [1.807, 2.05) is 17.7 Å². The van der Waals surface area contributed by atoms with Crippen molar-refractivity contribution in [1.82, 2.24) is 24.7 Å². The molecule has 1 saturated carbocycles. The molecule has 178 valence electrons. The van der Waals surface area contributed by atoms with Gasteiger partial charge in [-0.05, 0) is 56.6 Å². The number of aromatic nitrogens is 5. The fourth-order valence-electron chi connectivity index (χ4n) is 5.61. The lowest BCUT2D eigenvalue weighted by molar-refractivity contribution is 0.154. The van der Waals surface area contributed by atoms with E-state index in [0.717, 1.165) is 61.9 Å². The number of hydrogen-bond donors (Lipinski definition) is 1. The molecule has 10 heteroatoms. The first-order valence-corrected chi connectivity index (χ1v) is 11.9. The zero-order chi connectivity index (χ0) is 23.2. The van der Waals surface area contributed by atoms with Gasteiger partial charge in [-0.25, -0.2) is 23.4 Å². The quantitative estimate of drug-likeness (QED) is 0.610. The maximum absolute atomic E-state index is 13.6. The number of benzene rings is 1. The van der Waals surface area contributed by atoms with Gasteiger partial charge in [0.05, 0.1) is 0 Å². The molecular formula is C24H27F2N7O. The van der Waals surface area contributed by atoms with Crippen LogP contribution in [0.4, 0.5) is 20.5 Å². The largest absolute Gasteiger partial charge is 0.482 e. The molecule has 1 N–H and O–H groups in total. The van der Waals surface area contributed by atoms with Crippen LogP contribution < -0.4 is 15.0 Å². The van der Waals surface area contributed by atoms with E-state index < -0.39 is 11.6 Å². The van der Waals surface area contributed by atoms with Crippen molar-refractivity contribution >= 4 is 11.8 Å². The first kappa shape index (κ1) is 21.2. The van der Waals surface area contributed by atoms with Crippen LogP contribution in [0.25, 0.3) is 0 Å². The van der Waals surface area contributed by atoms with E-state index in [0.29, 0.717) is 29.6 Å². The fourth-order valence-corrected chi connectivity index (χ4v) is 5.61. The molecule has 2 fully saturated rings. The molecule has 2 aromatic heterocycles. The van der Waals surface area contributed by atoms with Crippen LogP contribution in [0.3, 0.4) is 0 Å². The van der Waals surface area contributed by atoms with E-state index in [4.69, 9.17) is 14.8 Å². The van der Waals surface area contributed by atoms with Crippen molar-refractivity contribution in [3.8, 4) is 5.75 Å². The molecule has 3 aromatic rings. The fraction of sp³-hybridized carbons (Fsp3) is 0.500. The average molecular weight is 468 g/mol. The summed E-state index contributed by atoms with van der Waals surface area (Å²) < 4.78 is 34.7. The maximum atomic E-state index is 13.6. The lowest BCUT2D eigenvalue weighted by atomic mass is 9.92. The van der Waals surface area contributed by atoms with Gasteiger partial charge in [-0.3, -0.25) is 0 Å². The van der Waals surface area contributed by atoms with Gasteiger partial charge in [-0.2, -0.15) is 4.98 Å². The van der Waals surface area contributed by atoms with Crippen LogP contribution in [0.2, 0.25) is 0 Å². The Hall–Kier alpha value is -3.30. The zero-order valence-electron chi connectivity index (χ0n) is 19.0. The van der Waals surface area contributed by atoms with Crippen LogP contribution in [0.5, 0.6) is 5.75 Å². The molecule has 0 radical (unpaired) electrons. The SMILES string of the molecule is Cc1cc(N2C[C@H]3CC[C@@H](C2)[C@@H]3Nc2nc3n(n2)CCC[C@H]3Oc2ccc(F)c(F)c2)ncn1. The van der Waals surface area contributed by atoms with Crippen LogP contribution in [0, 0.1) is 30.4 Å². The Kier molecular flexibility index (Phi) is 5.30. The van der Waals surface area contributed by atoms with Crippen molar-refractivity contribution in [3.63, 3.8) is 0 Å². The summed E-state index contributed by atoms with van der Waals surface area (Å²) in [5.74, 6) is 1.80. The lowest BCUT2D eigenvalue weighted by Gasteiger charge is -2.38. The van der Waals surface area contributed by atoms with Gasteiger partial charge in [0.25, 0.3) is 0 Å². The third-order valence-electron chi connectivity index (χ3n) is 7.24. The Morgan fingerprint density at radius 1 is 1.03 bits per heavy atom. The Bertz CT molecular complexity index is 1190. The molecule has 0 spiro atoms. The van der Waals surface area contributed by atoms with Crippen molar-refractivity contribution in [2.24, 2.45) is 11.8 Å². The monoisotopic (exact) mass is 467 g/mol. The third-order valence-corrected chi connectivity index (χ3v) is 7.24. The first-order chi connectivity index (χ1) is 16.5. The van der Waals surface area contributed by atoms with Crippen LogP contribution >= 0.6 is 0 Å². The summed E-state index contributed by atoms with van der Waals surface area (Å²) in [5, 5.41) is 8.32. The third kappa shape index (κ3) is 3.95. The van der Waals surface area contributed by atoms with Crippen molar-refractivity contribution in [3.05, 3.63) is 53.7 Å². The summed E-state index contributed by atoms with van der Waals surface area (Å²) in [6.45, 7) is 4.64. The normalized spacial score (nSPS) is 25.8. The maximum Gasteiger partial charge on any atom is 0.242 e. The zero-order valence-corrected chi connectivity index (χ0v) is 19.0. The molecule has 3 aliphatic rings. The molecule has 0 unspecified atom stereocenters. The minimum Gasteiger partial charge on any atom is -0.482 e. The van der Waals surface area contributed by atoms with E-state index in [1.54, 1.807) is 6.33 Å². The topological polar surface area (TPSA) is 81.0 Å².